The zero-order valence-corrected chi connectivity index (χ0v) is 12.2. The minimum atomic E-state index is -0.411. The van der Waals surface area contributed by atoms with E-state index in [9.17, 15) is 9.59 Å². The van der Waals surface area contributed by atoms with Gasteiger partial charge in [0.05, 0.1) is 18.2 Å². The normalized spacial score (nSPS) is 17.9. The Morgan fingerprint density at radius 2 is 2.24 bits per heavy atom. The lowest BCUT2D eigenvalue weighted by Gasteiger charge is -2.20. The highest BCUT2D eigenvalue weighted by Gasteiger charge is 2.35. The van der Waals surface area contributed by atoms with E-state index in [4.69, 9.17) is 10.6 Å². The maximum atomic E-state index is 12.1. The molecule has 0 spiro atoms. The summed E-state index contributed by atoms with van der Waals surface area (Å²) >= 11 is 0. The van der Waals surface area contributed by atoms with Crippen molar-refractivity contribution in [1.82, 2.24) is 5.43 Å². The number of nitrogens with one attached hydrogen (secondary N) is 1. The number of ether oxygens (including phenoxy) is 1. The molecule has 0 radical (unpaired) electrons. The first kappa shape index (κ1) is 15.3. The van der Waals surface area contributed by atoms with Crippen LogP contribution in [-0.4, -0.2) is 25.0 Å². The van der Waals surface area contributed by atoms with Crippen LogP contribution in [0.3, 0.4) is 0 Å². The summed E-state index contributed by atoms with van der Waals surface area (Å²) in [7, 11) is 0. The number of unbranched alkanes of at least 4 members (excludes halogenated alkanes) is 1. The molecule has 21 heavy (non-hydrogen) atoms. The Bertz CT molecular complexity index is 519. The van der Waals surface area contributed by atoms with E-state index >= 15 is 0 Å². The lowest BCUT2D eigenvalue weighted by atomic mass is 10.1. The summed E-state index contributed by atoms with van der Waals surface area (Å²) in [5.41, 5.74) is 2.82. The van der Waals surface area contributed by atoms with E-state index < -0.39 is 5.92 Å². The number of benzene rings is 1. The van der Waals surface area contributed by atoms with Gasteiger partial charge >= 0.3 is 0 Å². The van der Waals surface area contributed by atoms with Crippen molar-refractivity contribution < 1.29 is 14.3 Å². The Kier molecular flexibility index (Phi) is 5.16. The number of hydrogen-bond acceptors (Lipinski definition) is 4. The molecule has 0 bridgehead atoms. The maximum Gasteiger partial charge on any atom is 0.239 e. The number of anilines is 1. The van der Waals surface area contributed by atoms with Crippen molar-refractivity contribution in [2.45, 2.75) is 26.2 Å². The number of amides is 2. The van der Waals surface area contributed by atoms with Crippen LogP contribution in [0.1, 0.15) is 26.2 Å². The van der Waals surface area contributed by atoms with Gasteiger partial charge in [-0.05, 0) is 18.6 Å². The molecule has 1 aliphatic heterocycles. The van der Waals surface area contributed by atoms with Crippen molar-refractivity contribution in [2.75, 3.05) is 18.1 Å². The molecular formula is C15H21N3O3. The SMILES string of the molecule is CCCCOc1ccccc1N1CC(C(=O)NN)CC1=O. The first-order chi connectivity index (χ1) is 10.2. The van der Waals surface area contributed by atoms with Crippen molar-refractivity contribution in [3.63, 3.8) is 0 Å². The number of carbonyl (C=O) groups excluding carboxylic acids is 2. The molecule has 1 fully saturated rings. The Morgan fingerprint density at radius 1 is 1.48 bits per heavy atom. The highest BCUT2D eigenvalue weighted by molar-refractivity contribution is 6.01. The monoisotopic (exact) mass is 291 g/mol. The zero-order chi connectivity index (χ0) is 15.2. The predicted molar refractivity (Wildman–Crippen MR) is 79.6 cm³/mol. The second kappa shape index (κ2) is 7.08. The standard InChI is InChI=1S/C15H21N3O3/c1-2-3-8-21-13-7-5-4-6-12(13)18-10-11(9-14(18)19)15(20)17-16/h4-7,11H,2-3,8-10,16H2,1H3,(H,17,20). The van der Waals surface area contributed by atoms with Crippen LogP contribution in [0, 0.1) is 5.92 Å². The molecule has 1 atom stereocenters. The summed E-state index contributed by atoms with van der Waals surface area (Å²) in [4.78, 5) is 25.3. The van der Waals surface area contributed by atoms with Crippen LogP contribution in [0.2, 0.25) is 0 Å². The van der Waals surface area contributed by atoms with Crippen LogP contribution in [0.5, 0.6) is 5.75 Å². The lowest BCUT2D eigenvalue weighted by Crippen LogP contribution is -2.37. The molecule has 0 aliphatic carbocycles. The summed E-state index contributed by atoms with van der Waals surface area (Å²) in [6.45, 7) is 3.04. The topological polar surface area (TPSA) is 84.7 Å². The van der Waals surface area contributed by atoms with Gasteiger partial charge in [0.2, 0.25) is 11.8 Å². The third-order valence-electron chi connectivity index (χ3n) is 3.55. The fourth-order valence-electron chi connectivity index (χ4n) is 2.36. The van der Waals surface area contributed by atoms with E-state index in [0.29, 0.717) is 24.6 Å². The Balaban J connectivity index is 2.14. The lowest BCUT2D eigenvalue weighted by molar-refractivity contribution is -0.126. The first-order valence-electron chi connectivity index (χ1n) is 7.20. The van der Waals surface area contributed by atoms with E-state index in [0.717, 1.165) is 12.8 Å². The molecule has 2 amide bonds. The third kappa shape index (κ3) is 3.52. The number of para-hydroxylation sites is 2. The van der Waals surface area contributed by atoms with Crippen LogP contribution < -0.4 is 20.9 Å². The molecule has 1 aliphatic rings. The molecule has 0 aromatic heterocycles. The van der Waals surface area contributed by atoms with Gasteiger partial charge in [-0.15, -0.1) is 0 Å². The molecule has 114 valence electrons. The van der Waals surface area contributed by atoms with Crippen molar-refractivity contribution in [3.8, 4) is 5.75 Å². The molecule has 3 N–H and O–H groups in total. The van der Waals surface area contributed by atoms with E-state index in [1.54, 1.807) is 4.90 Å². The van der Waals surface area contributed by atoms with Crippen LogP contribution in [0.15, 0.2) is 24.3 Å². The first-order valence-corrected chi connectivity index (χ1v) is 7.20. The van der Waals surface area contributed by atoms with Gasteiger partial charge in [0.1, 0.15) is 5.75 Å². The quantitative estimate of drug-likeness (QED) is 0.357. The van der Waals surface area contributed by atoms with Gasteiger partial charge in [0.15, 0.2) is 0 Å². The summed E-state index contributed by atoms with van der Waals surface area (Å²) in [6, 6.07) is 7.40. The van der Waals surface area contributed by atoms with Gasteiger partial charge in [0, 0.05) is 13.0 Å². The zero-order valence-electron chi connectivity index (χ0n) is 12.2. The van der Waals surface area contributed by atoms with E-state index in [2.05, 4.69) is 12.3 Å². The maximum absolute atomic E-state index is 12.1. The van der Waals surface area contributed by atoms with Crippen molar-refractivity contribution in [1.29, 1.82) is 0 Å². The van der Waals surface area contributed by atoms with Gasteiger partial charge in [-0.2, -0.15) is 0 Å². The van der Waals surface area contributed by atoms with Crippen molar-refractivity contribution in [2.24, 2.45) is 11.8 Å². The van der Waals surface area contributed by atoms with E-state index in [1.165, 1.54) is 0 Å². The average molecular weight is 291 g/mol. The third-order valence-corrected chi connectivity index (χ3v) is 3.55. The summed E-state index contributed by atoms with van der Waals surface area (Å²) in [5.74, 6) is 5.00. The number of hydrazine groups is 1. The molecule has 6 nitrogen and oxygen atoms in total. The Morgan fingerprint density at radius 3 is 2.95 bits per heavy atom. The molecule has 0 saturated carbocycles. The fourth-order valence-corrected chi connectivity index (χ4v) is 2.36. The average Bonchev–Trinajstić information content (AvgIpc) is 2.89. The molecule has 1 aromatic carbocycles. The smallest absolute Gasteiger partial charge is 0.239 e. The predicted octanol–water partition coefficient (Wildman–Crippen LogP) is 1.21. The van der Waals surface area contributed by atoms with Crippen molar-refractivity contribution >= 4 is 17.5 Å². The molecule has 1 aromatic rings. The second-order valence-electron chi connectivity index (χ2n) is 5.08. The number of carbonyl (C=O) groups is 2. The molecule has 6 heteroatoms. The van der Waals surface area contributed by atoms with E-state index in [-0.39, 0.29) is 18.2 Å². The van der Waals surface area contributed by atoms with Crippen LogP contribution in [0.25, 0.3) is 0 Å². The number of rotatable bonds is 6. The Labute approximate surface area is 124 Å². The van der Waals surface area contributed by atoms with Gasteiger partial charge in [-0.25, -0.2) is 5.84 Å². The largest absolute Gasteiger partial charge is 0.491 e. The number of hydrogen-bond donors (Lipinski definition) is 2. The molecule has 1 heterocycles. The highest BCUT2D eigenvalue weighted by Crippen LogP contribution is 2.33. The van der Waals surface area contributed by atoms with Crippen molar-refractivity contribution in [3.05, 3.63) is 24.3 Å². The number of nitrogens with zero attached hydrogens (tertiary/aromatic N) is 1. The molecular weight excluding hydrogens is 270 g/mol. The molecule has 2 rings (SSSR count). The summed E-state index contributed by atoms with van der Waals surface area (Å²) in [6.07, 6.45) is 2.18. The highest BCUT2D eigenvalue weighted by atomic mass is 16.5. The van der Waals surface area contributed by atoms with Gasteiger partial charge in [-0.1, -0.05) is 25.5 Å². The molecule has 1 saturated heterocycles. The van der Waals surface area contributed by atoms with Crippen LogP contribution in [0.4, 0.5) is 5.69 Å². The van der Waals surface area contributed by atoms with Gasteiger partial charge in [0.25, 0.3) is 0 Å². The number of nitrogens with two attached hydrogens (primary N) is 1. The van der Waals surface area contributed by atoms with Gasteiger partial charge < -0.3 is 9.64 Å². The second-order valence-corrected chi connectivity index (χ2v) is 5.08. The fraction of sp³-hybridized carbons (Fsp3) is 0.467. The minimum Gasteiger partial charge on any atom is -0.491 e. The summed E-state index contributed by atoms with van der Waals surface area (Å²) in [5, 5.41) is 0. The summed E-state index contributed by atoms with van der Waals surface area (Å²) < 4.78 is 5.74. The van der Waals surface area contributed by atoms with Crippen LogP contribution in [-0.2, 0) is 9.59 Å². The Hall–Kier alpha value is -2.08. The molecule has 1 unspecified atom stereocenters. The minimum absolute atomic E-state index is 0.0878. The van der Waals surface area contributed by atoms with Gasteiger partial charge in [-0.3, -0.25) is 15.0 Å². The van der Waals surface area contributed by atoms with Crippen LogP contribution >= 0.6 is 0 Å². The van der Waals surface area contributed by atoms with E-state index in [1.807, 2.05) is 24.3 Å².